The molecule has 1 amide bonds. The molecule has 0 aromatic heterocycles. The van der Waals surface area contributed by atoms with Crippen molar-refractivity contribution < 1.29 is 4.79 Å². The first-order chi connectivity index (χ1) is 15.3. The molecule has 3 N–H and O–H groups in total. The number of thiocarbonyl (C=S) groups is 1. The molecule has 0 saturated carbocycles. The molecule has 6 heteroatoms. The number of nitrogens with one attached hydrogen (secondary N) is 3. The minimum absolute atomic E-state index is 0.0133. The molecule has 1 atom stereocenters. The summed E-state index contributed by atoms with van der Waals surface area (Å²) in [4.78, 5) is 13.9. The molecule has 0 radical (unpaired) electrons. The highest BCUT2D eigenvalue weighted by atomic mass is 32.2. The van der Waals surface area contributed by atoms with E-state index in [-0.39, 0.29) is 11.2 Å². The first-order valence-electron chi connectivity index (χ1n) is 10.6. The van der Waals surface area contributed by atoms with Crippen LogP contribution in [0.25, 0.3) is 0 Å². The summed E-state index contributed by atoms with van der Waals surface area (Å²) in [7, 11) is 0. The third kappa shape index (κ3) is 6.84. The van der Waals surface area contributed by atoms with Crippen molar-refractivity contribution in [3.63, 3.8) is 0 Å². The molecule has 0 fully saturated rings. The largest absolute Gasteiger partial charge is 0.332 e. The monoisotopic (exact) mass is 463 g/mol. The highest BCUT2D eigenvalue weighted by Crippen LogP contribution is 2.29. The highest BCUT2D eigenvalue weighted by molar-refractivity contribution is 8.00. The van der Waals surface area contributed by atoms with Crippen LogP contribution >= 0.6 is 24.0 Å². The van der Waals surface area contributed by atoms with Crippen LogP contribution in [-0.2, 0) is 4.79 Å². The van der Waals surface area contributed by atoms with Gasteiger partial charge in [-0.15, -0.1) is 11.8 Å². The maximum absolute atomic E-state index is 12.9. The number of carbonyl (C=O) groups excluding carboxylic acids is 1. The molecule has 3 rings (SSSR count). The number of benzene rings is 3. The molecule has 3 aromatic rings. The van der Waals surface area contributed by atoms with E-state index in [2.05, 4.69) is 28.9 Å². The SMILES string of the molecule is CCC(Sc1cccc(NC(=S)Nc2ccc(C)cc2)c1)C(=O)Nc1ccc(C)cc1C. The number of hydrogen-bond donors (Lipinski definition) is 3. The Hall–Kier alpha value is -2.83. The van der Waals surface area contributed by atoms with Crippen molar-refractivity contribution >= 4 is 52.1 Å². The zero-order valence-electron chi connectivity index (χ0n) is 18.9. The van der Waals surface area contributed by atoms with Crippen molar-refractivity contribution in [2.45, 2.75) is 44.3 Å². The van der Waals surface area contributed by atoms with E-state index in [1.165, 1.54) is 11.1 Å². The molecule has 166 valence electrons. The van der Waals surface area contributed by atoms with Gasteiger partial charge < -0.3 is 16.0 Å². The van der Waals surface area contributed by atoms with Crippen LogP contribution in [0, 0.1) is 20.8 Å². The van der Waals surface area contributed by atoms with Crippen LogP contribution in [0.1, 0.15) is 30.0 Å². The molecular formula is C26H29N3OS2. The summed E-state index contributed by atoms with van der Waals surface area (Å²) in [6.45, 7) is 8.14. The fourth-order valence-electron chi connectivity index (χ4n) is 3.23. The summed E-state index contributed by atoms with van der Waals surface area (Å²) in [5, 5.41) is 9.83. The zero-order chi connectivity index (χ0) is 23.1. The van der Waals surface area contributed by atoms with E-state index < -0.39 is 0 Å². The molecular weight excluding hydrogens is 434 g/mol. The van der Waals surface area contributed by atoms with Gasteiger partial charge in [-0.05, 0) is 81.4 Å². The Morgan fingerprint density at radius 3 is 2.25 bits per heavy atom. The number of amides is 1. The molecule has 0 aliphatic heterocycles. The lowest BCUT2D eigenvalue weighted by molar-refractivity contribution is -0.115. The number of aryl methyl sites for hydroxylation is 3. The van der Waals surface area contributed by atoms with E-state index in [0.29, 0.717) is 5.11 Å². The van der Waals surface area contributed by atoms with E-state index in [1.54, 1.807) is 11.8 Å². The Morgan fingerprint density at radius 1 is 0.875 bits per heavy atom. The molecule has 0 aliphatic carbocycles. The molecule has 32 heavy (non-hydrogen) atoms. The third-order valence-electron chi connectivity index (χ3n) is 4.98. The summed E-state index contributed by atoms with van der Waals surface area (Å²) < 4.78 is 0. The van der Waals surface area contributed by atoms with Crippen molar-refractivity contribution in [3.05, 3.63) is 83.4 Å². The number of rotatable bonds is 7. The lowest BCUT2D eigenvalue weighted by Crippen LogP contribution is -2.25. The number of thioether (sulfide) groups is 1. The second-order valence-corrected chi connectivity index (χ2v) is 9.48. The Bertz CT molecular complexity index is 1100. The van der Waals surface area contributed by atoms with Crippen molar-refractivity contribution in [1.82, 2.24) is 0 Å². The van der Waals surface area contributed by atoms with Crippen molar-refractivity contribution in [3.8, 4) is 0 Å². The number of anilines is 3. The summed E-state index contributed by atoms with van der Waals surface area (Å²) in [5.41, 5.74) is 6.13. The lowest BCUT2D eigenvalue weighted by atomic mass is 10.1. The highest BCUT2D eigenvalue weighted by Gasteiger charge is 2.19. The Morgan fingerprint density at radius 2 is 1.56 bits per heavy atom. The quantitative estimate of drug-likeness (QED) is 0.262. The van der Waals surface area contributed by atoms with Gasteiger partial charge in [0.2, 0.25) is 5.91 Å². The van der Waals surface area contributed by atoms with E-state index in [0.717, 1.165) is 33.9 Å². The summed E-state index contributed by atoms with van der Waals surface area (Å²) in [6, 6.07) is 22.1. The van der Waals surface area contributed by atoms with Crippen molar-refractivity contribution in [2.24, 2.45) is 0 Å². The summed E-state index contributed by atoms with van der Waals surface area (Å²) >= 11 is 7.00. The minimum atomic E-state index is -0.191. The van der Waals surface area contributed by atoms with E-state index >= 15 is 0 Å². The predicted octanol–water partition coefficient (Wildman–Crippen LogP) is 6.93. The smallest absolute Gasteiger partial charge is 0.237 e. The van der Waals surface area contributed by atoms with Crippen LogP contribution in [-0.4, -0.2) is 16.3 Å². The van der Waals surface area contributed by atoms with Crippen LogP contribution in [0.5, 0.6) is 0 Å². The Kier molecular flexibility index (Phi) is 8.31. The van der Waals surface area contributed by atoms with Crippen molar-refractivity contribution in [2.75, 3.05) is 16.0 Å². The molecule has 3 aromatic carbocycles. The predicted molar refractivity (Wildman–Crippen MR) is 142 cm³/mol. The molecule has 1 unspecified atom stereocenters. The molecule has 0 saturated heterocycles. The average molecular weight is 464 g/mol. The first-order valence-corrected chi connectivity index (χ1v) is 11.9. The molecule has 0 aliphatic rings. The van der Waals surface area contributed by atoms with E-state index in [9.17, 15) is 4.79 Å². The Balaban J connectivity index is 1.62. The van der Waals surface area contributed by atoms with Gasteiger partial charge in [0, 0.05) is 22.0 Å². The van der Waals surface area contributed by atoms with Crippen molar-refractivity contribution in [1.29, 1.82) is 0 Å². The topological polar surface area (TPSA) is 53.2 Å². The van der Waals surface area contributed by atoms with E-state index in [4.69, 9.17) is 12.2 Å². The molecule has 4 nitrogen and oxygen atoms in total. The van der Waals surface area contributed by atoms with Crippen LogP contribution < -0.4 is 16.0 Å². The second kappa shape index (κ2) is 11.2. The maximum atomic E-state index is 12.9. The lowest BCUT2D eigenvalue weighted by Gasteiger charge is -2.17. The molecule has 0 spiro atoms. The van der Waals surface area contributed by atoms with Gasteiger partial charge in [-0.2, -0.15) is 0 Å². The third-order valence-corrected chi connectivity index (χ3v) is 6.54. The van der Waals surface area contributed by atoms with Crippen LogP contribution in [0.15, 0.2) is 71.6 Å². The second-order valence-electron chi connectivity index (χ2n) is 7.80. The fourth-order valence-corrected chi connectivity index (χ4v) is 4.48. The standard InChI is InChI=1S/C26H29N3OS2/c1-5-24(25(30)29-23-14-11-18(3)15-19(23)4)32-22-8-6-7-21(16-22)28-26(31)27-20-12-9-17(2)10-13-20/h6-16,24H,5H2,1-4H3,(H,29,30)(H2,27,28,31). The molecule has 0 heterocycles. The molecule has 0 bridgehead atoms. The van der Waals surface area contributed by atoms with Gasteiger partial charge in [0.05, 0.1) is 5.25 Å². The van der Waals surface area contributed by atoms with Gasteiger partial charge in [-0.3, -0.25) is 4.79 Å². The average Bonchev–Trinajstić information content (AvgIpc) is 2.75. The fraction of sp³-hybridized carbons (Fsp3) is 0.231. The number of carbonyl (C=O) groups is 1. The normalized spacial score (nSPS) is 11.5. The van der Waals surface area contributed by atoms with Gasteiger partial charge in [-0.1, -0.05) is 48.4 Å². The summed E-state index contributed by atoms with van der Waals surface area (Å²) in [6.07, 6.45) is 0.729. The Labute approximate surface area is 200 Å². The van der Waals surface area contributed by atoms with Gasteiger partial charge in [0.15, 0.2) is 5.11 Å². The van der Waals surface area contributed by atoms with Crippen LogP contribution in [0.2, 0.25) is 0 Å². The van der Waals surface area contributed by atoms with Gasteiger partial charge in [0.1, 0.15) is 0 Å². The zero-order valence-corrected chi connectivity index (χ0v) is 20.5. The van der Waals surface area contributed by atoms with Crippen LogP contribution in [0.3, 0.4) is 0 Å². The first kappa shape index (κ1) is 23.8. The maximum Gasteiger partial charge on any atom is 0.237 e. The number of hydrogen-bond acceptors (Lipinski definition) is 3. The summed E-state index contributed by atoms with van der Waals surface area (Å²) in [5.74, 6) is 0.0133. The minimum Gasteiger partial charge on any atom is -0.332 e. The van der Waals surface area contributed by atoms with Crippen LogP contribution in [0.4, 0.5) is 17.1 Å². The van der Waals surface area contributed by atoms with Gasteiger partial charge >= 0.3 is 0 Å². The van der Waals surface area contributed by atoms with E-state index in [1.807, 2.05) is 81.4 Å². The van der Waals surface area contributed by atoms with Gasteiger partial charge in [-0.25, -0.2) is 0 Å². The van der Waals surface area contributed by atoms with Gasteiger partial charge in [0.25, 0.3) is 0 Å².